The van der Waals surface area contributed by atoms with E-state index in [4.69, 9.17) is 10.8 Å². The lowest BCUT2D eigenvalue weighted by molar-refractivity contribution is -0.132. The minimum absolute atomic E-state index is 0.123. The van der Waals surface area contributed by atoms with Crippen LogP contribution in [0.25, 0.3) is 0 Å². The van der Waals surface area contributed by atoms with E-state index in [9.17, 15) is 4.79 Å². The van der Waals surface area contributed by atoms with Gasteiger partial charge in [-0.1, -0.05) is 0 Å². The maximum Gasteiger partial charge on any atom is 0.228 e. The predicted octanol–water partition coefficient (Wildman–Crippen LogP) is -0.719. The van der Waals surface area contributed by atoms with E-state index >= 15 is 0 Å². The van der Waals surface area contributed by atoms with Gasteiger partial charge in [0, 0.05) is 44.6 Å². The van der Waals surface area contributed by atoms with Gasteiger partial charge < -0.3 is 15.7 Å². The van der Waals surface area contributed by atoms with Crippen molar-refractivity contribution in [3.63, 3.8) is 0 Å². The molecule has 7 heteroatoms. The Bertz CT molecular complexity index is 416. The number of nitrogens with zero attached hydrogens (tertiary/aromatic N) is 3. The second kappa shape index (κ2) is 6.95. The molecule has 1 fully saturated rings. The molecule has 2 rings (SSSR count). The molecular formula is C12H20N4O2S. The van der Waals surface area contributed by atoms with Gasteiger partial charge in [-0.05, 0) is 0 Å². The van der Waals surface area contributed by atoms with Crippen LogP contribution in [0.3, 0.4) is 0 Å². The highest BCUT2D eigenvalue weighted by Crippen LogP contribution is 2.11. The average Bonchev–Trinajstić information content (AvgIpc) is 2.87. The number of carbonyl (C=O) groups excluding carboxylic acids is 1. The van der Waals surface area contributed by atoms with E-state index in [1.54, 1.807) is 0 Å². The fourth-order valence-corrected chi connectivity index (χ4v) is 2.83. The van der Waals surface area contributed by atoms with Gasteiger partial charge in [0.05, 0.1) is 18.7 Å². The van der Waals surface area contributed by atoms with Gasteiger partial charge in [0.25, 0.3) is 0 Å². The predicted molar refractivity (Wildman–Crippen MR) is 73.8 cm³/mol. The second-order valence-corrected chi connectivity index (χ2v) is 5.50. The van der Waals surface area contributed by atoms with E-state index in [0.717, 1.165) is 36.9 Å². The fraction of sp³-hybridized carbons (Fsp3) is 0.667. The summed E-state index contributed by atoms with van der Waals surface area (Å²) in [6.07, 6.45) is 0.358. The standard InChI is InChI=1S/C12H20N4O2S/c13-8-11-14-10(9-19-11)7-12(18)16-3-1-15(2-4-16)5-6-17/h9,17H,1-8,13H2. The largest absolute Gasteiger partial charge is 0.395 e. The summed E-state index contributed by atoms with van der Waals surface area (Å²) in [5, 5.41) is 11.7. The van der Waals surface area contributed by atoms with Crippen molar-refractivity contribution in [1.82, 2.24) is 14.8 Å². The summed E-state index contributed by atoms with van der Waals surface area (Å²) >= 11 is 1.50. The molecule has 3 N–H and O–H groups in total. The number of aliphatic hydroxyl groups is 1. The minimum Gasteiger partial charge on any atom is -0.395 e. The van der Waals surface area contributed by atoms with E-state index in [1.165, 1.54) is 11.3 Å². The van der Waals surface area contributed by atoms with Crippen LogP contribution >= 0.6 is 11.3 Å². The molecule has 1 aromatic heterocycles. The third kappa shape index (κ3) is 3.97. The van der Waals surface area contributed by atoms with Gasteiger partial charge >= 0.3 is 0 Å². The highest BCUT2D eigenvalue weighted by molar-refractivity contribution is 7.09. The molecule has 19 heavy (non-hydrogen) atoms. The Balaban J connectivity index is 1.81. The quantitative estimate of drug-likeness (QED) is 0.746. The zero-order chi connectivity index (χ0) is 13.7. The first-order valence-electron chi connectivity index (χ1n) is 6.47. The Hall–Kier alpha value is -1.02. The number of carbonyl (C=O) groups is 1. The summed E-state index contributed by atoms with van der Waals surface area (Å²) in [4.78, 5) is 20.5. The Labute approximate surface area is 116 Å². The Morgan fingerprint density at radius 1 is 1.42 bits per heavy atom. The molecule has 0 atom stereocenters. The topological polar surface area (TPSA) is 82.7 Å². The Morgan fingerprint density at radius 2 is 2.16 bits per heavy atom. The van der Waals surface area contributed by atoms with E-state index in [-0.39, 0.29) is 12.5 Å². The average molecular weight is 284 g/mol. The smallest absolute Gasteiger partial charge is 0.228 e. The number of nitrogens with two attached hydrogens (primary N) is 1. The van der Waals surface area contributed by atoms with Crippen molar-refractivity contribution >= 4 is 17.2 Å². The van der Waals surface area contributed by atoms with Crippen LogP contribution in [0.4, 0.5) is 0 Å². The Kier molecular flexibility index (Phi) is 5.26. The number of aliphatic hydroxyl groups excluding tert-OH is 1. The molecule has 0 radical (unpaired) electrons. The van der Waals surface area contributed by atoms with Gasteiger partial charge in [-0.15, -0.1) is 11.3 Å². The van der Waals surface area contributed by atoms with Gasteiger partial charge in [0.15, 0.2) is 0 Å². The van der Waals surface area contributed by atoms with Crippen molar-refractivity contribution in [2.75, 3.05) is 39.3 Å². The lowest BCUT2D eigenvalue weighted by Crippen LogP contribution is -2.49. The monoisotopic (exact) mass is 284 g/mol. The maximum absolute atomic E-state index is 12.1. The molecule has 0 aliphatic carbocycles. The van der Waals surface area contributed by atoms with Crippen molar-refractivity contribution in [2.45, 2.75) is 13.0 Å². The summed E-state index contributed by atoms with van der Waals surface area (Å²) in [5.74, 6) is 0.123. The highest BCUT2D eigenvalue weighted by atomic mass is 32.1. The first-order valence-corrected chi connectivity index (χ1v) is 7.35. The van der Waals surface area contributed by atoms with Crippen LogP contribution < -0.4 is 5.73 Å². The summed E-state index contributed by atoms with van der Waals surface area (Å²) in [6.45, 7) is 4.41. The van der Waals surface area contributed by atoms with E-state index in [0.29, 0.717) is 19.5 Å². The summed E-state index contributed by atoms with van der Waals surface area (Å²) in [5.41, 5.74) is 6.32. The summed E-state index contributed by atoms with van der Waals surface area (Å²) in [6, 6.07) is 0. The first-order chi connectivity index (χ1) is 9.22. The number of hydrogen-bond donors (Lipinski definition) is 2. The van der Waals surface area contributed by atoms with Crippen LogP contribution in [0.5, 0.6) is 0 Å². The molecule has 2 heterocycles. The summed E-state index contributed by atoms with van der Waals surface area (Å²) < 4.78 is 0. The molecule has 0 spiro atoms. The number of aromatic nitrogens is 1. The van der Waals surface area contributed by atoms with Crippen molar-refractivity contribution in [2.24, 2.45) is 5.73 Å². The fourth-order valence-electron chi connectivity index (χ4n) is 2.15. The lowest BCUT2D eigenvalue weighted by Gasteiger charge is -2.34. The number of hydrogen-bond acceptors (Lipinski definition) is 6. The first kappa shape index (κ1) is 14.4. The van der Waals surface area contributed by atoms with Crippen LogP contribution in [0.15, 0.2) is 5.38 Å². The van der Waals surface area contributed by atoms with E-state index in [2.05, 4.69) is 9.88 Å². The van der Waals surface area contributed by atoms with Crippen molar-refractivity contribution in [3.8, 4) is 0 Å². The molecule has 1 aliphatic rings. The van der Waals surface area contributed by atoms with Crippen LogP contribution in [0.2, 0.25) is 0 Å². The number of thiazole rings is 1. The number of piperazine rings is 1. The molecule has 0 bridgehead atoms. The number of rotatable bonds is 5. The van der Waals surface area contributed by atoms with Gasteiger partial charge in [-0.25, -0.2) is 4.98 Å². The van der Waals surface area contributed by atoms with E-state index in [1.807, 2.05) is 10.3 Å². The van der Waals surface area contributed by atoms with Crippen LogP contribution in [-0.2, 0) is 17.8 Å². The molecule has 6 nitrogen and oxygen atoms in total. The van der Waals surface area contributed by atoms with Gasteiger partial charge in [-0.3, -0.25) is 9.69 Å². The van der Waals surface area contributed by atoms with Crippen LogP contribution in [-0.4, -0.2) is 65.1 Å². The number of amides is 1. The zero-order valence-corrected chi connectivity index (χ0v) is 11.7. The van der Waals surface area contributed by atoms with Gasteiger partial charge in [0.1, 0.15) is 5.01 Å². The molecule has 0 aromatic carbocycles. The van der Waals surface area contributed by atoms with Crippen molar-refractivity contribution in [1.29, 1.82) is 0 Å². The molecule has 1 aromatic rings. The molecule has 0 unspecified atom stereocenters. The van der Waals surface area contributed by atoms with Crippen molar-refractivity contribution in [3.05, 3.63) is 16.1 Å². The lowest BCUT2D eigenvalue weighted by atomic mass is 10.2. The van der Waals surface area contributed by atoms with Gasteiger partial charge in [0.2, 0.25) is 5.91 Å². The normalized spacial score (nSPS) is 16.8. The molecule has 1 aliphatic heterocycles. The third-order valence-electron chi connectivity index (χ3n) is 3.25. The zero-order valence-electron chi connectivity index (χ0n) is 10.9. The van der Waals surface area contributed by atoms with Crippen molar-refractivity contribution < 1.29 is 9.90 Å². The molecule has 1 amide bonds. The third-order valence-corrected chi connectivity index (χ3v) is 4.17. The Morgan fingerprint density at radius 3 is 2.74 bits per heavy atom. The maximum atomic E-state index is 12.1. The molecule has 106 valence electrons. The summed E-state index contributed by atoms with van der Waals surface area (Å²) in [7, 11) is 0. The van der Waals surface area contributed by atoms with Gasteiger partial charge in [-0.2, -0.15) is 0 Å². The second-order valence-electron chi connectivity index (χ2n) is 4.56. The van der Waals surface area contributed by atoms with Crippen LogP contribution in [0.1, 0.15) is 10.7 Å². The molecule has 0 saturated carbocycles. The SMILES string of the molecule is NCc1nc(CC(=O)N2CCN(CCO)CC2)cs1. The minimum atomic E-state index is 0.123. The van der Waals surface area contributed by atoms with Crippen LogP contribution in [0, 0.1) is 0 Å². The number of β-amino-alcohol motifs (C(OH)–C–C–N with tert-alkyl or cyclic N) is 1. The highest BCUT2D eigenvalue weighted by Gasteiger charge is 2.21. The van der Waals surface area contributed by atoms with E-state index < -0.39 is 0 Å². The molecular weight excluding hydrogens is 264 g/mol. The molecule has 1 saturated heterocycles.